The van der Waals surface area contributed by atoms with Gasteiger partial charge in [0.05, 0.1) is 27.9 Å². The Bertz CT molecular complexity index is 1230. The number of methoxy groups -OCH3 is 3. The molecule has 202 valence electrons. The van der Waals surface area contributed by atoms with Crippen molar-refractivity contribution in [2.75, 3.05) is 46.3 Å². The SMILES string of the molecule is C=CCN(CC(=O)N(CCc1ccc(OC)c(OC)c1)Cc1ccc(C)s1)C(=O)Nc1ccc(OC)cc1. The normalized spacial score (nSPS) is 10.4. The van der Waals surface area contributed by atoms with Crippen LogP contribution in [-0.2, 0) is 17.8 Å². The Hall–Kier alpha value is -3.98. The van der Waals surface area contributed by atoms with E-state index in [0.717, 1.165) is 10.4 Å². The number of benzene rings is 2. The minimum atomic E-state index is -0.379. The highest BCUT2D eigenvalue weighted by Gasteiger charge is 2.22. The van der Waals surface area contributed by atoms with Gasteiger partial charge in [0.1, 0.15) is 12.3 Å². The van der Waals surface area contributed by atoms with Gasteiger partial charge in [-0.05, 0) is 67.4 Å². The number of thiophene rings is 1. The molecule has 3 amide bonds. The average Bonchev–Trinajstić information content (AvgIpc) is 3.35. The molecule has 0 radical (unpaired) electrons. The molecule has 8 nitrogen and oxygen atoms in total. The minimum Gasteiger partial charge on any atom is -0.497 e. The Labute approximate surface area is 228 Å². The molecule has 38 heavy (non-hydrogen) atoms. The van der Waals surface area contributed by atoms with E-state index in [0.29, 0.717) is 42.4 Å². The summed E-state index contributed by atoms with van der Waals surface area (Å²) in [7, 11) is 4.78. The number of hydrogen-bond acceptors (Lipinski definition) is 6. The van der Waals surface area contributed by atoms with E-state index in [1.165, 1.54) is 9.78 Å². The summed E-state index contributed by atoms with van der Waals surface area (Å²) < 4.78 is 15.9. The molecule has 1 aromatic heterocycles. The lowest BCUT2D eigenvalue weighted by Gasteiger charge is -2.27. The highest BCUT2D eigenvalue weighted by atomic mass is 32.1. The van der Waals surface area contributed by atoms with Crippen LogP contribution in [0.1, 0.15) is 15.3 Å². The summed E-state index contributed by atoms with van der Waals surface area (Å²) in [6.07, 6.45) is 2.23. The Morgan fingerprint density at radius 2 is 1.68 bits per heavy atom. The van der Waals surface area contributed by atoms with Crippen LogP contribution in [0.4, 0.5) is 10.5 Å². The van der Waals surface area contributed by atoms with Crippen molar-refractivity contribution in [2.24, 2.45) is 0 Å². The van der Waals surface area contributed by atoms with Gasteiger partial charge in [0, 0.05) is 28.5 Å². The third-order valence-corrected chi connectivity index (χ3v) is 6.90. The number of carbonyl (C=O) groups is 2. The topological polar surface area (TPSA) is 80.3 Å². The molecule has 0 atom stereocenters. The second-order valence-corrected chi connectivity index (χ2v) is 9.97. The quantitative estimate of drug-likeness (QED) is 0.297. The zero-order valence-electron chi connectivity index (χ0n) is 22.4. The highest BCUT2D eigenvalue weighted by Crippen LogP contribution is 2.28. The molecule has 0 unspecified atom stereocenters. The second kappa shape index (κ2) is 14.1. The maximum atomic E-state index is 13.5. The van der Waals surface area contributed by atoms with Gasteiger partial charge in [0.2, 0.25) is 5.91 Å². The van der Waals surface area contributed by atoms with E-state index in [1.54, 1.807) is 67.9 Å². The van der Waals surface area contributed by atoms with Gasteiger partial charge < -0.3 is 29.3 Å². The Balaban J connectivity index is 1.73. The molecule has 0 fully saturated rings. The molecule has 3 aromatic rings. The first-order valence-corrected chi connectivity index (χ1v) is 13.0. The Morgan fingerprint density at radius 1 is 0.947 bits per heavy atom. The third-order valence-electron chi connectivity index (χ3n) is 5.92. The lowest BCUT2D eigenvalue weighted by atomic mass is 10.1. The number of nitrogens with zero attached hydrogens (tertiary/aromatic N) is 2. The summed E-state index contributed by atoms with van der Waals surface area (Å²) in [4.78, 5) is 32.1. The molecule has 0 aliphatic carbocycles. The fourth-order valence-corrected chi connectivity index (χ4v) is 4.77. The van der Waals surface area contributed by atoms with Gasteiger partial charge in [-0.3, -0.25) is 4.79 Å². The van der Waals surface area contributed by atoms with Gasteiger partial charge in [-0.2, -0.15) is 0 Å². The van der Waals surface area contributed by atoms with Gasteiger partial charge in [0.25, 0.3) is 0 Å². The fourth-order valence-electron chi connectivity index (χ4n) is 3.87. The van der Waals surface area contributed by atoms with Gasteiger partial charge in [0.15, 0.2) is 11.5 Å². The molecule has 1 N–H and O–H groups in total. The van der Waals surface area contributed by atoms with Crippen molar-refractivity contribution in [3.8, 4) is 17.2 Å². The Kier molecular flexibility index (Phi) is 10.6. The standard InChI is InChI=1S/C29H35N3O5S/c1-6-16-32(29(34)30-23-9-11-24(35-3)12-10-23)20-28(33)31(19-25-13-7-21(2)38-25)17-15-22-8-14-26(36-4)27(18-22)37-5/h6-14,18H,1,15-17,19-20H2,2-5H3,(H,30,34). The molecule has 2 aromatic carbocycles. The maximum Gasteiger partial charge on any atom is 0.322 e. The predicted octanol–water partition coefficient (Wildman–Crippen LogP) is 5.37. The van der Waals surface area contributed by atoms with Crippen molar-refractivity contribution in [1.29, 1.82) is 0 Å². The summed E-state index contributed by atoms with van der Waals surface area (Å²) in [5.74, 6) is 1.84. The molecule has 0 spiro atoms. The van der Waals surface area contributed by atoms with Gasteiger partial charge in [-0.15, -0.1) is 17.9 Å². The molecule has 0 saturated heterocycles. The maximum absolute atomic E-state index is 13.5. The largest absolute Gasteiger partial charge is 0.497 e. The van der Waals surface area contributed by atoms with Crippen molar-refractivity contribution < 1.29 is 23.8 Å². The first-order chi connectivity index (χ1) is 18.4. The van der Waals surface area contributed by atoms with E-state index >= 15 is 0 Å². The lowest BCUT2D eigenvalue weighted by molar-refractivity contribution is -0.132. The van der Waals surface area contributed by atoms with Crippen LogP contribution in [0.2, 0.25) is 0 Å². The molecule has 0 aliphatic rings. The lowest BCUT2D eigenvalue weighted by Crippen LogP contribution is -2.44. The van der Waals surface area contributed by atoms with Gasteiger partial charge >= 0.3 is 6.03 Å². The number of nitrogens with one attached hydrogen (secondary N) is 1. The monoisotopic (exact) mass is 537 g/mol. The number of urea groups is 1. The van der Waals surface area contributed by atoms with Crippen LogP contribution in [-0.4, -0.2) is 62.7 Å². The minimum absolute atomic E-state index is 0.0791. The van der Waals surface area contributed by atoms with E-state index < -0.39 is 0 Å². The fraction of sp³-hybridized carbons (Fsp3) is 0.310. The van der Waals surface area contributed by atoms with E-state index in [1.807, 2.05) is 37.3 Å². The first-order valence-electron chi connectivity index (χ1n) is 12.2. The second-order valence-electron chi connectivity index (χ2n) is 8.59. The van der Waals surface area contributed by atoms with Crippen molar-refractivity contribution >= 4 is 29.0 Å². The molecule has 0 aliphatic heterocycles. The molecule has 3 rings (SSSR count). The molecule has 0 saturated carbocycles. The summed E-state index contributed by atoms with van der Waals surface area (Å²) in [6.45, 7) is 6.90. The zero-order valence-corrected chi connectivity index (χ0v) is 23.2. The van der Waals surface area contributed by atoms with E-state index in [9.17, 15) is 9.59 Å². The van der Waals surface area contributed by atoms with Crippen molar-refractivity contribution in [3.05, 3.63) is 82.6 Å². The summed E-state index contributed by atoms with van der Waals surface area (Å²) >= 11 is 1.66. The van der Waals surface area contributed by atoms with Crippen LogP contribution in [0.3, 0.4) is 0 Å². The van der Waals surface area contributed by atoms with Crippen molar-refractivity contribution in [3.63, 3.8) is 0 Å². The van der Waals surface area contributed by atoms with E-state index in [-0.39, 0.29) is 25.0 Å². The molecule has 0 bridgehead atoms. The van der Waals surface area contributed by atoms with Gasteiger partial charge in [-0.25, -0.2) is 4.79 Å². The van der Waals surface area contributed by atoms with Crippen LogP contribution in [0.25, 0.3) is 0 Å². The van der Waals surface area contributed by atoms with Crippen molar-refractivity contribution in [2.45, 2.75) is 19.9 Å². The highest BCUT2D eigenvalue weighted by molar-refractivity contribution is 7.11. The van der Waals surface area contributed by atoms with Gasteiger partial charge in [-0.1, -0.05) is 12.1 Å². The van der Waals surface area contributed by atoms with E-state index in [2.05, 4.69) is 11.9 Å². The summed E-state index contributed by atoms with van der Waals surface area (Å²) in [5, 5.41) is 2.85. The number of aryl methyl sites for hydroxylation is 1. The smallest absolute Gasteiger partial charge is 0.322 e. The Morgan fingerprint density at radius 3 is 2.29 bits per heavy atom. The summed E-state index contributed by atoms with van der Waals surface area (Å²) in [5.41, 5.74) is 1.62. The van der Waals surface area contributed by atoms with Crippen LogP contribution in [0.15, 0.2) is 67.3 Å². The van der Waals surface area contributed by atoms with Crippen molar-refractivity contribution in [1.82, 2.24) is 9.80 Å². The summed E-state index contributed by atoms with van der Waals surface area (Å²) in [6, 6.07) is 16.5. The van der Waals surface area contributed by atoms with Crippen LogP contribution in [0, 0.1) is 6.92 Å². The molecule has 9 heteroatoms. The number of ether oxygens (including phenoxy) is 3. The number of hydrogen-bond donors (Lipinski definition) is 1. The van der Waals surface area contributed by atoms with Crippen LogP contribution < -0.4 is 19.5 Å². The predicted molar refractivity (Wildman–Crippen MR) is 152 cm³/mol. The molecular weight excluding hydrogens is 502 g/mol. The first kappa shape index (κ1) is 28.6. The third kappa shape index (κ3) is 8.01. The number of amides is 3. The number of anilines is 1. The molecular formula is C29H35N3O5S. The van der Waals surface area contributed by atoms with Crippen LogP contribution in [0.5, 0.6) is 17.2 Å². The zero-order chi connectivity index (χ0) is 27.5. The molecule has 1 heterocycles. The average molecular weight is 538 g/mol. The van der Waals surface area contributed by atoms with E-state index in [4.69, 9.17) is 14.2 Å². The number of carbonyl (C=O) groups excluding carboxylic acids is 2. The van der Waals surface area contributed by atoms with Crippen LogP contribution >= 0.6 is 11.3 Å². The number of rotatable bonds is 13.